The SMILES string of the molecule is CCOC(=O)c1cnn(C)c1NC(=O)c1cnn(CC)c1. The van der Waals surface area contributed by atoms with Crippen LogP contribution in [0.1, 0.15) is 34.6 Å². The predicted molar refractivity (Wildman–Crippen MR) is 75.0 cm³/mol. The quantitative estimate of drug-likeness (QED) is 0.832. The van der Waals surface area contributed by atoms with Crippen LogP contribution in [0.15, 0.2) is 18.6 Å². The number of ether oxygens (including phenoxy) is 1. The minimum Gasteiger partial charge on any atom is -0.462 e. The van der Waals surface area contributed by atoms with Gasteiger partial charge in [0.15, 0.2) is 0 Å². The summed E-state index contributed by atoms with van der Waals surface area (Å²) in [7, 11) is 1.63. The molecule has 2 heterocycles. The number of aromatic nitrogens is 4. The molecule has 112 valence electrons. The summed E-state index contributed by atoms with van der Waals surface area (Å²) in [5.41, 5.74) is 0.628. The smallest absolute Gasteiger partial charge is 0.343 e. The second-order valence-electron chi connectivity index (χ2n) is 4.29. The van der Waals surface area contributed by atoms with Gasteiger partial charge in [-0.15, -0.1) is 0 Å². The zero-order chi connectivity index (χ0) is 15.4. The fourth-order valence-electron chi connectivity index (χ4n) is 1.78. The molecule has 8 nitrogen and oxygen atoms in total. The van der Waals surface area contributed by atoms with Gasteiger partial charge in [-0.25, -0.2) is 4.79 Å². The molecule has 0 saturated carbocycles. The Morgan fingerprint density at radius 3 is 2.67 bits per heavy atom. The Hall–Kier alpha value is -2.64. The Morgan fingerprint density at radius 2 is 2.05 bits per heavy atom. The minimum absolute atomic E-state index is 0.218. The molecule has 0 aliphatic rings. The van der Waals surface area contributed by atoms with E-state index in [4.69, 9.17) is 4.74 Å². The van der Waals surface area contributed by atoms with Crippen LogP contribution in [0.5, 0.6) is 0 Å². The molecule has 1 N–H and O–H groups in total. The molecule has 0 aliphatic carbocycles. The van der Waals surface area contributed by atoms with Crippen LogP contribution in [-0.4, -0.2) is 38.0 Å². The van der Waals surface area contributed by atoms with Crippen LogP contribution in [0, 0.1) is 0 Å². The van der Waals surface area contributed by atoms with Gasteiger partial charge < -0.3 is 10.1 Å². The van der Waals surface area contributed by atoms with Crippen molar-refractivity contribution in [3.63, 3.8) is 0 Å². The van der Waals surface area contributed by atoms with Gasteiger partial charge in [-0.2, -0.15) is 10.2 Å². The van der Waals surface area contributed by atoms with Gasteiger partial charge in [0.2, 0.25) is 0 Å². The van der Waals surface area contributed by atoms with Crippen LogP contribution in [0.25, 0.3) is 0 Å². The summed E-state index contributed by atoms with van der Waals surface area (Å²) < 4.78 is 7.99. The lowest BCUT2D eigenvalue weighted by Gasteiger charge is -2.07. The zero-order valence-corrected chi connectivity index (χ0v) is 12.2. The van der Waals surface area contributed by atoms with Crippen LogP contribution in [0.2, 0.25) is 0 Å². The normalized spacial score (nSPS) is 10.4. The third-order valence-electron chi connectivity index (χ3n) is 2.89. The number of hydrogen-bond acceptors (Lipinski definition) is 5. The van der Waals surface area contributed by atoms with E-state index < -0.39 is 5.97 Å². The van der Waals surface area contributed by atoms with E-state index >= 15 is 0 Å². The van der Waals surface area contributed by atoms with Gasteiger partial charge in [-0.05, 0) is 13.8 Å². The average Bonchev–Trinajstić information content (AvgIpc) is 3.07. The molecule has 0 radical (unpaired) electrons. The van der Waals surface area contributed by atoms with Crippen molar-refractivity contribution in [1.29, 1.82) is 0 Å². The van der Waals surface area contributed by atoms with E-state index in [9.17, 15) is 9.59 Å². The number of amides is 1. The molecule has 0 saturated heterocycles. The number of nitrogens with zero attached hydrogens (tertiary/aromatic N) is 4. The van der Waals surface area contributed by atoms with E-state index in [0.717, 1.165) is 0 Å². The minimum atomic E-state index is -0.523. The monoisotopic (exact) mass is 291 g/mol. The predicted octanol–water partition coefficient (Wildman–Crippen LogP) is 1.07. The maximum atomic E-state index is 12.2. The highest BCUT2D eigenvalue weighted by Gasteiger charge is 2.20. The summed E-state index contributed by atoms with van der Waals surface area (Å²) in [4.78, 5) is 24.0. The molecule has 0 atom stereocenters. The number of carbonyl (C=O) groups is 2. The second kappa shape index (κ2) is 6.21. The highest BCUT2D eigenvalue weighted by atomic mass is 16.5. The fraction of sp³-hybridized carbons (Fsp3) is 0.385. The molecule has 8 heteroatoms. The summed E-state index contributed by atoms with van der Waals surface area (Å²) in [5, 5.41) is 10.7. The van der Waals surface area contributed by atoms with Crippen molar-refractivity contribution in [3.05, 3.63) is 29.7 Å². The lowest BCUT2D eigenvalue weighted by molar-refractivity contribution is 0.0527. The van der Waals surface area contributed by atoms with Gasteiger partial charge in [0.25, 0.3) is 5.91 Å². The molecule has 21 heavy (non-hydrogen) atoms. The molecule has 2 rings (SSSR count). The van der Waals surface area contributed by atoms with E-state index in [0.29, 0.717) is 17.9 Å². The highest BCUT2D eigenvalue weighted by Crippen LogP contribution is 2.16. The molecular weight excluding hydrogens is 274 g/mol. The Kier molecular flexibility index (Phi) is 4.36. The van der Waals surface area contributed by atoms with E-state index in [2.05, 4.69) is 15.5 Å². The largest absolute Gasteiger partial charge is 0.462 e. The number of rotatable bonds is 5. The molecule has 0 fully saturated rings. The highest BCUT2D eigenvalue weighted by molar-refractivity contribution is 6.07. The molecular formula is C13H17N5O3. The van der Waals surface area contributed by atoms with Crippen molar-refractivity contribution >= 4 is 17.7 Å². The van der Waals surface area contributed by atoms with Crippen molar-refractivity contribution in [2.75, 3.05) is 11.9 Å². The summed E-state index contributed by atoms with van der Waals surface area (Å²) in [6, 6.07) is 0. The third kappa shape index (κ3) is 3.10. The van der Waals surface area contributed by atoms with Crippen molar-refractivity contribution in [2.45, 2.75) is 20.4 Å². The number of hydrogen-bond donors (Lipinski definition) is 1. The van der Waals surface area contributed by atoms with Crippen molar-refractivity contribution in [1.82, 2.24) is 19.6 Å². The van der Waals surface area contributed by atoms with Gasteiger partial charge in [-0.3, -0.25) is 14.2 Å². The maximum absolute atomic E-state index is 12.2. The molecule has 0 aromatic carbocycles. The first-order chi connectivity index (χ1) is 10.1. The van der Waals surface area contributed by atoms with Crippen LogP contribution >= 0.6 is 0 Å². The first-order valence-electron chi connectivity index (χ1n) is 6.59. The standard InChI is InChI=1S/C13H17N5O3/c1-4-18-8-9(6-15-18)12(19)16-11-10(7-14-17(11)3)13(20)21-5-2/h6-8H,4-5H2,1-3H3,(H,16,19). The number of aryl methyl sites for hydroxylation is 2. The molecule has 0 bridgehead atoms. The molecule has 0 unspecified atom stereocenters. The summed E-state index contributed by atoms with van der Waals surface area (Å²) in [5.74, 6) is -0.586. The summed E-state index contributed by atoms with van der Waals surface area (Å²) in [6.07, 6.45) is 4.47. The van der Waals surface area contributed by atoms with Gasteiger partial charge >= 0.3 is 5.97 Å². The number of esters is 1. The molecule has 1 amide bonds. The molecule has 0 aliphatic heterocycles. The number of carbonyl (C=O) groups excluding carboxylic acids is 2. The van der Waals surface area contributed by atoms with Crippen LogP contribution in [-0.2, 0) is 18.3 Å². The fourth-order valence-corrected chi connectivity index (χ4v) is 1.78. The molecule has 0 spiro atoms. The van der Waals surface area contributed by atoms with Crippen LogP contribution in [0.3, 0.4) is 0 Å². The van der Waals surface area contributed by atoms with Crippen molar-refractivity contribution in [2.24, 2.45) is 7.05 Å². The maximum Gasteiger partial charge on any atom is 0.343 e. The zero-order valence-electron chi connectivity index (χ0n) is 12.2. The van der Waals surface area contributed by atoms with E-state index in [1.54, 1.807) is 24.9 Å². The van der Waals surface area contributed by atoms with Gasteiger partial charge in [0.1, 0.15) is 11.4 Å². The second-order valence-corrected chi connectivity index (χ2v) is 4.29. The molecule has 2 aromatic heterocycles. The lowest BCUT2D eigenvalue weighted by atomic mass is 10.3. The van der Waals surface area contributed by atoms with E-state index in [1.165, 1.54) is 17.1 Å². The Labute approximate surface area is 121 Å². The van der Waals surface area contributed by atoms with Crippen molar-refractivity contribution < 1.29 is 14.3 Å². The topological polar surface area (TPSA) is 91.0 Å². The van der Waals surface area contributed by atoms with Crippen molar-refractivity contribution in [3.8, 4) is 0 Å². The first kappa shape index (κ1) is 14.8. The van der Waals surface area contributed by atoms with Gasteiger partial charge in [0.05, 0.1) is 24.6 Å². The number of anilines is 1. The number of nitrogens with one attached hydrogen (secondary N) is 1. The summed E-state index contributed by atoms with van der Waals surface area (Å²) in [6.45, 7) is 4.57. The first-order valence-corrected chi connectivity index (χ1v) is 6.59. The van der Waals surface area contributed by atoms with Gasteiger partial charge in [-0.1, -0.05) is 0 Å². The van der Waals surface area contributed by atoms with Crippen LogP contribution < -0.4 is 5.32 Å². The lowest BCUT2D eigenvalue weighted by Crippen LogP contribution is -2.17. The van der Waals surface area contributed by atoms with Gasteiger partial charge in [0, 0.05) is 19.8 Å². The Morgan fingerprint density at radius 1 is 1.29 bits per heavy atom. The van der Waals surface area contributed by atoms with E-state index in [-0.39, 0.29) is 18.1 Å². The summed E-state index contributed by atoms with van der Waals surface area (Å²) >= 11 is 0. The molecule has 2 aromatic rings. The Balaban J connectivity index is 2.20. The average molecular weight is 291 g/mol. The third-order valence-corrected chi connectivity index (χ3v) is 2.89. The van der Waals surface area contributed by atoms with E-state index in [1.807, 2.05) is 6.92 Å². The van der Waals surface area contributed by atoms with Crippen LogP contribution in [0.4, 0.5) is 5.82 Å². The Bertz CT molecular complexity index is 659.